The summed E-state index contributed by atoms with van der Waals surface area (Å²) in [6, 6.07) is 6.50. The van der Waals surface area contributed by atoms with Gasteiger partial charge in [-0.3, -0.25) is 0 Å². The number of aryl methyl sites for hydroxylation is 3. The van der Waals surface area contributed by atoms with Gasteiger partial charge in [-0.25, -0.2) is 4.57 Å². The molecule has 80 valence electrons. The van der Waals surface area contributed by atoms with Gasteiger partial charge in [0.2, 0.25) is 0 Å². The maximum Gasteiger partial charge on any atom is 0.178 e. The Morgan fingerprint density at radius 2 is 1.81 bits per heavy atom. The van der Waals surface area contributed by atoms with E-state index in [1.807, 2.05) is 0 Å². The quantitative estimate of drug-likeness (QED) is 0.552. The second kappa shape index (κ2) is 3.08. The lowest BCUT2D eigenvalue weighted by atomic mass is 10.1. The van der Waals surface area contributed by atoms with E-state index in [2.05, 4.69) is 61.0 Å². The van der Waals surface area contributed by atoms with E-state index in [1.165, 1.54) is 32.9 Å². The molecule has 0 unspecified atom stereocenters. The van der Waals surface area contributed by atoms with Crippen LogP contribution in [0.4, 0.5) is 0 Å². The van der Waals surface area contributed by atoms with Crippen molar-refractivity contribution in [2.75, 3.05) is 0 Å². The molecule has 2 aromatic heterocycles. The number of H-pyrrole nitrogens is 1. The van der Waals surface area contributed by atoms with Crippen LogP contribution >= 0.6 is 0 Å². The third kappa shape index (κ3) is 1.16. The van der Waals surface area contributed by atoms with Crippen LogP contribution in [0.3, 0.4) is 0 Å². The van der Waals surface area contributed by atoms with E-state index in [9.17, 15) is 0 Å². The minimum atomic E-state index is 1.21. The van der Waals surface area contributed by atoms with E-state index in [1.54, 1.807) is 0 Å². The topological polar surface area (TPSA) is 19.7 Å². The summed E-state index contributed by atoms with van der Waals surface area (Å²) in [7, 11) is 2.06. The highest BCUT2D eigenvalue weighted by Gasteiger charge is 2.10. The van der Waals surface area contributed by atoms with Gasteiger partial charge in [0.15, 0.2) is 12.4 Å². The zero-order chi connectivity index (χ0) is 11.3. The van der Waals surface area contributed by atoms with Gasteiger partial charge in [-0.15, -0.1) is 0 Å². The molecule has 2 heterocycles. The Kier molecular flexibility index (Phi) is 1.81. The number of pyridine rings is 1. The van der Waals surface area contributed by atoms with Crippen LogP contribution in [0.1, 0.15) is 11.1 Å². The van der Waals surface area contributed by atoms with Crippen LogP contribution in [-0.4, -0.2) is 4.98 Å². The molecular formula is C14H15N2+. The molecule has 2 heteroatoms. The Hall–Kier alpha value is -1.83. The van der Waals surface area contributed by atoms with Crippen LogP contribution < -0.4 is 4.57 Å². The highest BCUT2D eigenvalue weighted by atomic mass is 14.9. The van der Waals surface area contributed by atoms with Crippen molar-refractivity contribution in [2.45, 2.75) is 13.8 Å². The summed E-state index contributed by atoms with van der Waals surface area (Å²) >= 11 is 0. The largest absolute Gasteiger partial charge is 0.354 e. The molecule has 0 amide bonds. The Bertz CT molecular complexity index is 693. The molecular weight excluding hydrogens is 196 g/mol. The summed E-state index contributed by atoms with van der Waals surface area (Å²) < 4.78 is 2.09. The fourth-order valence-corrected chi connectivity index (χ4v) is 2.36. The van der Waals surface area contributed by atoms with E-state index in [0.29, 0.717) is 0 Å². The van der Waals surface area contributed by atoms with Gasteiger partial charge in [-0.2, -0.15) is 0 Å². The lowest BCUT2D eigenvalue weighted by Gasteiger charge is -1.99. The maximum absolute atomic E-state index is 3.50. The molecule has 0 aliphatic heterocycles. The number of hydrogen-bond acceptors (Lipinski definition) is 0. The van der Waals surface area contributed by atoms with Crippen molar-refractivity contribution in [3.63, 3.8) is 0 Å². The summed E-state index contributed by atoms with van der Waals surface area (Å²) in [5, 5.41) is 2.66. The number of nitrogens with zero attached hydrogens (tertiary/aromatic N) is 1. The van der Waals surface area contributed by atoms with Gasteiger partial charge in [0, 0.05) is 17.0 Å². The smallest absolute Gasteiger partial charge is 0.178 e. The van der Waals surface area contributed by atoms with Crippen molar-refractivity contribution in [1.29, 1.82) is 0 Å². The summed E-state index contributed by atoms with van der Waals surface area (Å²) in [5.41, 5.74) is 5.12. The third-order valence-corrected chi connectivity index (χ3v) is 3.25. The lowest BCUT2D eigenvalue weighted by Crippen LogP contribution is -2.25. The normalized spacial score (nSPS) is 11.4. The number of aromatic nitrogens is 2. The zero-order valence-corrected chi connectivity index (χ0v) is 9.83. The first-order valence-corrected chi connectivity index (χ1v) is 5.53. The molecule has 0 spiro atoms. The SMILES string of the molecule is Cc1ccc(C)c2c1[nH]c1cc[n+](C)cc12. The number of hydrogen-bond donors (Lipinski definition) is 1. The molecule has 3 rings (SSSR count). The van der Waals surface area contributed by atoms with Gasteiger partial charge in [0.05, 0.1) is 10.9 Å². The molecule has 0 radical (unpaired) electrons. The van der Waals surface area contributed by atoms with E-state index >= 15 is 0 Å². The summed E-state index contributed by atoms with van der Waals surface area (Å²) in [4.78, 5) is 3.50. The molecule has 0 saturated carbocycles. The summed E-state index contributed by atoms with van der Waals surface area (Å²) in [6.45, 7) is 4.32. The average molecular weight is 211 g/mol. The van der Waals surface area contributed by atoms with Gasteiger partial charge in [0.25, 0.3) is 0 Å². The first-order valence-electron chi connectivity index (χ1n) is 5.53. The second-order valence-electron chi connectivity index (χ2n) is 4.51. The molecule has 0 aliphatic carbocycles. The standard InChI is InChI=1S/C14H14N2/c1-9-4-5-10(2)14-13(9)11-8-16(3)7-6-12(11)15-14/h4-8H,1-3H3/p+1. The van der Waals surface area contributed by atoms with Gasteiger partial charge in [-0.05, 0) is 25.0 Å². The van der Waals surface area contributed by atoms with Gasteiger partial charge in [-0.1, -0.05) is 12.1 Å². The van der Waals surface area contributed by atoms with Crippen molar-refractivity contribution < 1.29 is 4.57 Å². The molecule has 1 aromatic carbocycles. The van der Waals surface area contributed by atoms with Crippen molar-refractivity contribution in [2.24, 2.45) is 7.05 Å². The Labute approximate surface area is 94.5 Å². The van der Waals surface area contributed by atoms with E-state index in [4.69, 9.17) is 0 Å². The molecule has 0 fully saturated rings. The van der Waals surface area contributed by atoms with Crippen molar-refractivity contribution in [1.82, 2.24) is 4.98 Å². The number of rotatable bonds is 0. The first-order chi connectivity index (χ1) is 7.66. The number of nitrogens with one attached hydrogen (secondary N) is 1. The van der Waals surface area contributed by atoms with Crippen molar-refractivity contribution >= 4 is 21.8 Å². The minimum absolute atomic E-state index is 1.21. The van der Waals surface area contributed by atoms with Crippen LogP contribution in [-0.2, 0) is 7.05 Å². The number of benzene rings is 1. The maximum atomic E-state index is 3.50. The molecule has 0 bridgehead atoms. The Morgan fingerprint density at radius 1 is 1.06 bits per heavy atom. The monoisotopic (exact) mass is 211 g/mol. The highest BCUT2D eigenvalue weighted by molar-refractivity contribution is 6.09. The molecule has 2 nitrogen and oxygen atoms in total. The van der Waals surface area contributed by atoms with Crippen LogP contribution in [0.5, 0.6) is 0 Å². The van der Waals surface area contributed by atoms with Gasteiger partial charge >= 0.3 is 0 Å². The van der Waals surface area contributed by atoms with Gasteiger partial charge in [0.1, 0.15) is 7.05 Å². The fourth-order valence-electron chi connectivity index (χ4n) is 2.36. The zero-order valence-electron chi connectivity index (χ0n) is 9.83. The van der Waals surface area contributed by atoms with E-state index in [0.717, 1.165) is 0 Å². The summed E-state index contributed by atoms with van der Waals surface area (Å²) in [6.07, 6.45) is 4.25. The first kappa shape index (κ1) is 9.40. The van der Waals surface area contributed by atoms with Crippen molar-refractivity contribution in [3.05, 3.63) is 41.7 Å². The Morgan fingerprint density at radius 3 is 2.62 bits per heavy atom. The number of aromatic amines is 1. The van der Waals surface area contributed by atoms with E-state index < -0.39 is 0 Å². The van der Waals surface area contributed by atoms with Crippen LogP contribution in [0.15, 0.2) is 30.6 Å². The Balaban J connectivity index is 2.62. The summed E-state index contributed by atoms with van der Waals surface area (Å²) in [5.74, 6) is 0. The molecule has 0 aliphatic rings. The van der Waals surface area contributed by atoms with Crippen LogP contribution in [0, 0.1) is 13.8 Å². The molecule has 0 saturated heterocycles. The average Bonchev–Trinajstić information content (AvgIpc) is 2.63. The van der Waals surface area contributed by atoms with Crippen molar-refractivity contribution in [3.8, 4) is 0 Å². The minimum Gasteiger partial charge on any atom is -0.354 e. The lowest BCUT2D eigenvalue weighted by molar-refractivity contribution is -0.670. The van der Waals surface area contributed by atoms with Crippen LogP contribution in [0.25, 0.3) is 21.8 Å². The fraction of sp³-hybridized carbons (Fsp3) is 0.214. The predicted octanol–water partition coefficient (Wildman–Crippen LogP) is 2.76. The van der Waals surface area contributed by atoms with Crippen LogP contribution in [0.2, 0.25) is 0 Å². The van der Waals surface area contributed by atoms with E-state index in [-0.39, 0.29) is 0 Å². The number of fused-ring (bicyclic) bond motifs is 3. The highest BCUT2D eigenvalue weighted by Crippen LogP contribution is 2.28. The second-order valence-corrected chi connectivity index (χ2v) is 4.51. The van der Waals surface area contributed by atoms with Gasteiger partial charge < -0.3 is 4.98 Å². The molecule has 0 atom stereocenters. The molecule has 1 N–H and O–H groups in total. The molecule has 16 heavy (non-hydrogen) atoms. The third-order valence-electron chi connectivity index (χ3n) is 3.25. The predicted molar refractivity (Wildman–Crippen MR) is 66.5 cm³/mol. The molecule has 3 aromatic rings.